The molecule has 3 N–H and O–H groups in total. The summed E-state index contributed by atoms with van der Waals surface area (Å²) in [5.74, 6) is 0.907. The lowest BCUT2D eigenvalue weighted by Crippen LogP contribution is -2.37. The summed E-state index contributed by atoms with van der Waals surface area (Å²) < 4.78 is 0. The predicted octanol–water partition coefficient (Wildman–Crippen LogP) is 2.74. The number of nitrogens with two attached hydrogens (primary N) is 1. The van der Waals surface area contributed by atoms with Crippen molar-refractivity contribution in [2.45, 2.75) is 38.1 Å². The fourth-order valence-electron chi connectivity index (χ4n) is 2.80. The van der Waals surface area contributed by atoms with Gasteiger partial charge in [-0.25, -0.2) is 0 Å². The summed E-state index contributed by atoms with van der Waals surface area (Å²) in [6, 6.07) is 7.72. The number of phenolic OH excluding ortho intramolecular Hbond substituents is 1. The standard InChI is InChI=1S/C15H24N2O/c1-17(13-7-9-14(18)10-8-13)11-12-5-3-2-4-6-15(12)16/h7-10,12,15,18H,2-6,11,16H2,1H3. The summed E-state index contributed by atoms with van der Waals surface area (Å²) >= 11 is 0. The van der Waals surface area contributed by atoms with Crippen molar-refractivity contribution in [1.29, 1.82) is 0 Å². The van der Waals surface area contributed by atoms with Crippen molar-refractivity contribution in [2.24, 2.45) is 11.7 Å². The maximum Gasteiger partial charge on any atom is 0.115 e. The van der Waals surface area contributed by atoms with Crippen LogP contribution in [0.4, 0.5) is 5.69 Å². The van der Waals surface area contributed by atoms with Crippen molar-refractivity contribution >= 4 is 5.69 Å². The van der Waals surface area contributed by atoms with E-state index in [2.05, 4.69) is 11.9 Å². The van der Waals surface area contributed by atoms with Gasteiger partial charge in [-0.15, -0.1) is 0 Å². The molecule has 0 spiro atoms. The molecule has 3 nitrogen and oxygen atoms in total. The molecular formula is C15H24N2O. The Kier molecular flexibility index (Phi) is 4.48. The minimum Gasteiger partial charge on any atom is -0.508 e. The fraction of sp³-hybridized carbons (Fsp3) is 0.600. The number of benzene rings is 1. The molecule has 0 aromatic heterocycles. The second-order valence-electron chi connectivity index (χ2n) is 5.46. The number of anilines is 1. The average Bonchev–Trinajstić information content (AvgIpc) is 2.56. The normalized spacial score (nSPS) is 24.6. The first kappa shape index (κ1) is 13.2. The van der Waals surface area contributed by atoms with Crippen LogP contribution in [0.2, 0.25) is 0 Å². The summed E-state index contributed by atoms with van der Waals surface area (Å²) in [6.07, 6.45) is 6.31. The van der Waals surface area contributed by atoms with Gasteiger partial charge in [0.15, 0.2) is 0 Å². The Hall–Kier alpha value is -1.22. The molecule has 2 rings (SSSR count). The highest BCUT2D eigenvalue weighted by atomic mass is 16.3. The van der Waals surface area contributed by atoms with Gasteiger partial charge >= 0.3 is 0 Å². The largest absolute Gasteiger partial charge is 0.508 e. The van der Waals surface area contributed by atoms with Crippen LogP contribution in [0, 0.1) is 5.92 Å². The molecule has 1 aliphatic carbocycles. The van der Waals surface area contributed by atoms with E-state index in [-0.39, 0.29) is 0 Å². The zero-order valence-electron chi connectivity index (χ0n) is 11.2. The van der Waals surface area contributed by atoms with E-state index in [1.807, 2.05) is 12.1 Å². The van der Waals surface area contributed by atoms with E-state index in [0.29, 0.717) is 17.7 Å². The van der Waals surface area contributed by atoms with Gasteiger partial charge in [-0.3, -0.25) is 0 Å². The van der Waals surface area contributed by atoms with E-state index < -0.39 is 0 Å². The molecule has 1 aromatic rings. The third kappa shape index (κ3) is 3.39. The summed E-state index contributed by atoms with van der Waals surface area (Å²) in [4.78, 5) is 2.25. The van der Waals surface area contributed by atoms with Gasteiger partial charge in [0.2, 0.25) is 0 Å². The van der Waals surface area contributed by atoms with Crippen LogP contribution in [-0.2, 0) is 0 Å². The first-order chi connectivity index (χ1) is 8.66. The van der Waals surface area contributed by atoms with Crippen LogP contribution in [0.1, 0.15) is 32.1 Å². The van der Waals surface area contributed by atoms with Crippen LogP contribution in [0.25, 0.3) is 0 Å². The number of nitrogens with zero attached hydrogens (tertiary/aromatic N) is 1. The second-order valence-corrected chi connectivity index (χ2v) is 5.46. The van der Waals surface area contributed by atoms with Gasteiger partial charge in [0.05, 0.1) is 0 Å². The molecule has 0 aliphatic heterocycles. The summed E-state index contributed by atoms with van der Waals surface area (Å²) in [7, 11) is 2.10. The molecule has 0 heterocycles. The SMILES string of the molecule is CN(CC1CCCCCC1N)c1ccc(O)cc1. The fourth-order valence-corrected chi connectivity index (χ4v) is 2.80. The third-order valence-electron chi connectivity index (χ3n) is 4.02. The molecule has 1 saturated carbocycles. The van der Waals surface area contributed by atoms with Gasteiger partial charge < -0.3 is 15.7 Å². The minimum absolute atomic E-state index is 0.318. The number of rotatable bonds is 3. The zero-order chi connectivity index (χ0) is 13.0. The Labute approximate surface area is 110 Å². The van der Waals surface area contributed by atoms with E-state index >= 15 is 0 Å². The lowest BCUT2D eigenvalue weighted by molar-refractivity contribution is 0.401. The summed E-state index contributed by atoms with van der Waals surface area (Å²) in [5.41, 5.74) is 7.41. The van der Waals surface area contributed by atoms with Crippen molar-refractivity contribution in [2.75, 3.05) is 18.5 Å². The predicted molar refractivity (Wildman–Crippen MR) is 75.9 cm³/mol. The number of aromatic hydroxyl groups is 1. The average molecular weight is 248 g/mol. The van der Waals surface area contributed by atoms with Gasteiger partial charge in [-0.2, -0.15) is 0 Å². The van der Waals surface area contributed by atoms with Crippen molar-refractivity contribution in [3.63, 3.8) is 0 Å². The van der Waals surface area contributed by atoms with E-state index in [0.717, 1.165) is 18.7 Å². The van der Waals surface area contributed by atoms with Crippen LogP contribution < -0.4 is 10.6 Å². The Bertz CT molecular complexity index is 363. The highest BCUT2D eigenvalue weighted by Gasteiger charge is 2.21. The van der Waals surface area contributed by atoms with Crippen LogP contribution in [0.5, 0.6) is 5.75 Å². The smallest absolute Gasteiger partial charge is 0.115 e. The Morgan fingerprint density at radius 3 is 2.56 bits per heavy atom. The molecule has 2 atom stereocenters. The Balaban J connectivity index is 1.97. The quantitative estimate of drug-likeness (QED) is 0.809. The van der Waals surface area contributed by atoms with Gasteiger partial charge in [0.1, 0.15) is 5.75 Å². The Morgan fingerprint density at radius 2 is 1.83 bits per heavy atom. The molecule has 2 unspecified atom stereocenters. The number of phenols is 1. The van der Waals surface area contributed by atoms with Gasteiger partial charge in [-0.1, -0.05) is 19.3 Å². The maximum absolute atomic E-state index is 9.30. The van der Waals surface area contributed by atoms with Gasteiger partial charge in [-0.05, 0) is 43.0 Å². The first-order valence-corrected chi connectivity index (χ1v) is 6.92. The molecule has 0 bridgehead atoms. The maximum atomic E-state index is 9.30. The molecule has 0 saturated heterocycles. The van der Waals surface area contributed by atoms with E-state index in [9.17, 15) is 5.11 Å². The number of hydrogen-bond donors (Lipinski definition) is 2. The molecule has 3 heteroatoms. The molecule has 0 radical (unpaired) electrons. The minimum atomic E-state index is 0.318. The Morgan fingerprint density at radius 1 is 1.17 bits per heavy atom. The van der Waals surface area contributed by atoms with Crippen LogP contribution in [0.3, 0.4) is 0 Å². The topological polar surface area (TPSA) is 49.5 Å². The molecule has 1 aliphatic rings. The second kappa shape index (κ2) is 6.10. The highest BCUT2D eigenvalue weighted by Crippen LogP contribution is 2.25. The molecule has 100 valence electrons. The lowest BCUT2D eigenvalue weighted by Gasteiger charge is -2.28. The van der Waals surface area contributed by atoms with Crippen LogP contribution >= 0.6 is 0 Å². The van der Waals surface area contributed by atoms with Crippen molar-refractivity contribution in [3.8, 4) is 5.75 Å². The monoisotopic (exact) mass is 248 g/mol. The van der Waals surface area contributed by atoms with Crippen LogP contribution in [-0.4, -0.2) is 24.7 Å². The van der Waals surface area contributed by atoms with E-state index in [1.54, 1.807) is 12.1 Å². The van der Waals surface area contributed by atoms with Crippen molar-refractivity contribution in [1.82, 2.24) is 0 Å². The molecule has 1 fully saturated rings. The van der Waals surface area contributed by atoms with E-state index in [1.165, 1.54) is 25.7 Å². The first-order valence-electron chi connectivity index (χ1n) is 6.92. The molecule has 18 heavy (non-hydrogen) atoms. The molecule has 0 amide bonds. The lowest BCUT2D eigenvalue weighted by atomic mass is 9.95. The van der Waals surface area contributed by atoms with Crippen molar-refractivity contribution < 1.29 is 5.11 Å². The highest BCUT2D eigenvalue weighted by molar-refractivity contribution is 5.48. The van der Waals surface area contributed by atoms with E-state index in [4.69, 9.17) is 5.73 Å². The van der Waals surface area contributed by atoms with Gasteiger partial charge in [0.25, 0.3) is 0 Å². The third-order valence-corrected chi connectivity index (χ3v) is 4.02. The van der Waals surface area contributed by atoms with Crippen LogP contribution in [0.15, 0.2) is 24.3 Å². The number of hydrogen-bond acceptors (Lipinski definition) is 3. The zero-order valence-corrected chi connectivity index (χ0v) is 11.2. The van der Waals surface area contributed by atoms with Gasteiger partial charge in [0, 0.05) is 25.3 Å². The summed E-state index contributed by atoms with van der Waals surface area (Å²) in [5, 5.41) is 9.30. The summed E-state index contributed by atoms with van der Waals surface area (Å²) in [6.45, 7) is 1.01. The molecule has 1 aromatic carbocycles. The molecular weight excluding hydrogens is 224 g/mol. The van der Waals surface area contributed by atoms with Crippen molar-refractivity contribution in [3.05, 3.63) is 24.3 Å².